The number of urea groups is 1. The van der Waals surface area contributed by atoms with E-state index in [9.17, 15) is 9.59 Å². The normalized spacial score (nSPS) is 19.3. The maximum absolute atomic E-state index is 12.1. The zero-order valence-corrected chi connectivity index (χ0v) is 13.4. The summed E-state index contributed by atoms with van der Waals surface area (Å²) in [6.07, 6.45) is 0.325. The number of benzene rings is 1. The average Bonchev–Trinajstić information content (AvgIpc) is 3.00. The van der Waals surface area contributed by atoms with Gasteiger partial charge in [0.15, 0.2) is 5.13 Å². The molecule has 1 aromatic carbocycles. The number of amides is 3. The van der Waals surface area contributed by atoms with Gasteiger partial charge in [-0.3, -0.25) is 15.0 Å². The van der Waals surface area contributed by atoms with Crippen LogP contribution in [0.25, 0.3) is 10.2 Å². The molecule has 2 aliphatic heterocycles. The van der Waals surface area contributed by atoms with Crippen LogP contribution in [0.1, 0.15) is 6.42 Å². The first-order valence-electron chi connectivity index (χ1n) is 7.69. The molecule has 2 saturated heterocycles. The Kier molecular flexibility index (Phi) is 3.62. The van der Waals surface area contributed by atoms with Gasteiger partial charge < -0.3 is 10.2 Å². The number of piperazine rings is 1. The van der Waals surface area contributed by atoms with Crippen LogP contribution in [-0.4, -0.2) is 49.6 Å². The zero-order valence-electron chi connectivity index (χ0n) is 12.5. The van der Waals surface area contributed by atoms with Crippen molar-refractivity contribution in [2.75, 3.05) is 42.5 Å². The zero-order chi connectivity index (χ0) is 15.8. The highest BCUT2D eigenvalue weighted by molar-refractivity contribution is 7.22. The van der Waals surface area contributed by atoms with Crippen LogP contribution < -0.4 is 20.4 Å². The van der Waals surface area contributed by atoms with Gasteiger partial charge in [0.2, 0.25) is 5.91 Å². The minimum Gasteiger partial charge on any atom is -0.346 e. The summed E-state index contributed by atoms with van der Waals surface area (Å²) in [5.74, 6) is -0.218. The molecule has 0 radical (unpaired) electrons. The van der Waals surface area contributed by atoms with Crippen molar-refractivity contribution in [1.29, 1.82) is 0 Å². The molecule has 23 heavy (non-hydrogen) atoms. The van der Waals surface area contributed by atoms with Crippen molar-refractivity contribution in [3.05, 3.63) is 18.2 Å². The van der Waals surface area contributed by atoms with Crippen LogP contribution in [-0.2, 0) is 4.79 Å². The first-order chi connectivity index (χ1) is 11.2. The summed E-state index contributed by atoms with van der Waals surface area (Å²) in [4.78, 5) is 32.1. The molecule has 7 nitrogen and oxygen atoms in total. The molecule has 8 heteroatoms. The van der Waals surface area contributed by atoms with Gasteiger partial charge in [0.25, 0.3) is 0 Å². The third-order valence-electron chi connectivity index (χ3n) is 4.12. The monoisotopic (exact) mass is 331 g/mol. The van der Waals surface area contributed by atoms with Gasteiger partial charge >= 0.3 is 6.03 Å². The molecule has 2 N–H and O–H groups in total. The Morgan fingerprint density at radius 3 is 2.74 bits per heavy atom. The lowest BCUT2D eigenvalue weighted by atomic mass is 10.2. The van der Waals surface area contributed by atoms with Gasteiger partial charge in [0.1, 0.15) is 0 Å². The molecule has 0 aliphatic carbocycles. The summed E-state index contributed by atoms with van der Waals surface area (Å²) in [5, 5.41) is 6.70. The van der Waals surface area contributed by atoms with Crippen LogP contribution in [0.2, 0.25) is 0 Å². The topological polar surface area (TPSA) is 77.6 Å². The molecule has 2 aromatic rings. The highest BCUT2D eigenvalue weighted by Crippen LogP contribution is 2.36. The number of fused-ring (bicyclic) bond motifs is 1. The maximum atomic E-state index is 12.1. The minimum atomic E-state index is -0.356. The van der Waals surface area contributed by atoms with E-state index in [1.54, 1.807) is 16.2 Å². The molecule has 3 amide bonds. The summed E-state index contributed by atoms with van der Waals surface area (Å²) in [6.45, 7) is 4.20. The standard InChI is InChI=1S/C15H17N5O2S/c21-12-4-7-20(14(22)18-12)11-3-1-2-10-13(11)23-15(17-10)19-8-5-16-6-9-19/h1-3,16H,4-9H2,(H,18,21,22). The number of nitrogens with one attached hydrogen (secondary N) is 2. The fraction of sp³-hybridized carbons (Fsp3) is 0.400. The van der Waals surface area contributed by atoms with Gasteiger partial charge in [-0.05, 0) is 12.1 Å². The summed E-state index contributed by atoms with van der Waals surface area (Å²) < 4.78 is 0.991. The second kappa shape index (κ2) is 5.78. The third-order valence-corrected chi connectivity index (χ3v) is 5.27. The van der Waals surface area contributed by atoms with Crippen LogP contribution >= 0.6 is 11.3 Å². The molecule has 2 fully saturated rings. The Bertz CT molecular complexity index is 768. The van der Waals surface area contributed by atoms with Crippen molar-refractivity contribution in [2.24, 2.45) is 0 Å². The molecule has 2 aliphatic rings. The van der Waals surface area contributed by atoms with Crippen molar-refractivity contribution in [2.45, 2.75) is 6.42 Å². The molecule has 3 heterocycles. The fourth-order valence-corrected chi connectivity index (χ4v) is 4.06. The Morgan fingerprint density at radius 2 is 1.96 bits per heavy atom. The minimum absolute atomic E-state index is 0.218. The largest absolute Gasteiger partial charge is 0.346 e. The number of anilines is 2. The highest BCUT2D eigenvalue weighted by atomic mass is 32.1. The third kappa shape index (κ3) is 2.64. The van der Waals surface area contributed by atoms with Crippen molar-refractivity contribution in [3.63, 3.8) is 0 Å². The quantitative estimate of drug-likeness (QED) is 0.863. The number of hydrogen-bond donors (Lipinski definition) is 2. The lowest BCUT2D eigenvalue weighted by Crippen LogP contribution is -2.49. The van der Waals surface area contributed by atoms with Crippen molar-refractivity contribution >= 4 is 44.3 Å². The van der Waals surface area contributed by atoms with Gasteiger partial charge in [-0.25, -0.2) is 9.78 Å². The predicted molar refractivity (Wildman–Crippen MR) is 90.2 cm³/mol. The number of thiazole rings is 1. The smallest absolute Gasteiger partial charge is 0.328 e. The first-order valence-corrected chi connectivity index (χ1v) is 8.50. The first kappa shape index (κ1) is 14.4. The van der Waals surface area contributed by atoms with Gasteiger partial charge in [-0.15, -0.1) is 0 Å². The average molecular weight is 331 g/mol. The molecule has 4 rings (SSSR count). The van der Waals surface area contributed by atoms with Crippen molar-refractivity contribution in [3.8, 4) is 0 Å². The lowest BCUT2D eigenvalue weighted by Gasteiger charge is -2.27. The highest BCUT2D eigenvalue weighted by Gasteiger charge is 2.26. The number of rotatable bonds is 2. The van der Waals surface area contributed by atoms with E-state index in [-0.39, 0.29) is 11.9 Å². The predicted octanol–water partition coefficient (Wildman–Crippen LogP) is 1.15. The summed E-state index contributed by atoms with van der Waals surface area (Å²) in [5.41, 5.74) is 1.72. The Labute approximate surface area is 137 Å². The molecule has 0 atom stereocenters. The molecule has 0 saturated carbocycles. The van der Waals surface area contributed by atoms with Crippen LogP contribution in [0.4, 0.5) is 15.6 Å². The number of imide groups is 1. The van der Waals surface area contributed by atoms with Crippen LogP contribution in [0.15, 0.2) is 18.2 Å². The van der Waals surface area contributed by atoms with Gasteiger partial charge in [0, 0.05) is 39.1 Å². The number of carbonyl (C=O) groups excluding carboxylic acids is 2. The van der Waals surface area contributed by atoms with Crippen molar-refractivity contribution < 1.29 is 9.59 Å². The number of carbonyl (C=O) groups is 2. The van der Waals surface area contributed by atoms with E-state index in [1.165, 1.54) is 0 Å². The number of aromatic nitrogens is 1. The molecule has 0 unspecified atom stereocenters. The molecule has 0 spiro atoms. The van der Waals surface area contributed by atoms with E-state index in [0.29, 0.717) is 13.0 Å². The van der Waals surface area contributed by atoms with Crippen LogP contribution in [0.3, 0.4) is 0 Å². The SMILES string of the molecule is O=C1CCN(c2cccc3nc(N4CCNCC4)sc23)C(=O)N1. The number of hydrogen-bond acceptors (Lipinski definition) is 6. The Balaban J connectivity index is 1.71. The lowest BCUT2D eigenvalue weighted by molar-refractivity contribution is -0.120. The summed E-state index contributed by atoms with van der Waals surface area (Å²) in [7, 11) is 0. The van der Waals surface area contributed by atoms with E-state index in [1.807, 2.05) is 18.2 Å². The van der Waals surface area contributed by atoms with Gasteiger partial charge in [0.05, 0.1) is 15.9 Å². The maximum Gasteiger partial charge on any atom is 0.328 e. The van der Waals surface area contributed by atoms with E-state index in [2.05, 4.69) is 15.5 Å². The van der Waals surface area contributed by atoms with Crippen LogP contribution in [0, 0.1) is 0 Å². The summed E-state index contributed by atoms with van der Waals surface area (Å²) in [6, 6.07) is 5.43. The molecular formula is C15H17N5O2S. The van der Waals surface area contributed by atoms with E-state index in [4.69, 9.17) is 4.98 Å². The summed E-state index contributed by atoms with van der Waals surface area (Å²) >= 11 is 1.61. The van der Waals surface area contributed by atoms with E-state index in [0.717, 1.165) is 47.2 Å². The molecule has 0 bridgehead atoms. The van der Waals surface area contributed by atoms with E-state index >= 15 is 0 Å². The second-order valence-electron chi connectivity index (χ2n) is 5.61. The van der Waals surface area contributed by atoms with Crippen LogP contribution in [0.5, 0.6) is 0 Å². The molecular weight excluding hydrogens is 314 g/mol. The van der Waals surface area contributed by atoms with Gasteiger partial charge in [-0.2, -0.15) is 0 Å². The van der Waals surface area contributed by atoms with E-state index < -0.39 is 0 Å². The fourth-order valence-electron chi connectivity index (χ4n) is 2.92. The number of nitrogens with zero attached hydrogens (tertiary/aromatic N) is 3. The Hall–Kier alpha value is -2.19. The van der Waals surface area contributed by atoms with Gasteiger partial charge in [-0.1, -0.05) is 17.4 Å². The Morgan fingerprint density at radius 1 is 1.13 bits per heavy atom. The molecule has 1 aromatic heterocycles. The molecule has 120 valence electrons. The van der Waals surface area contributed by atoms with Crippen molar-refractivity contribution in [1.82, 2.24) is 15.6 Å². The second-order valence-corrected chi connectivity index (χ2v) is 6.59.